The molecule has 0 aromatic heterocycles. The fourth-order valence-electron chi connectivity index (χ4n) is 2.33. The van der Waals surface area contributed by atoms with E-state index < -0.39 is 63.8 Å². The summed E-state index contributed by atoms with van der Waals surface area (Å²) in [4.78, 5) is 12.1. The van der Waals surface area contributed by atoms with Gasteiger partial charge < -0.3 is 10.4 Å². The number of benzene rings is 2. The Labute approximate surface area is 162 Å². The molecule has 2 aromatic rings. The van der Waals surface area contributed by atoms with Gasteiger partial charge in [-0.15, -0.1) is 0 Å². The van der Waals surface area contributed by atoms with E-state index in [2.05, 4.69) is 0 Å². The van der Waals surface area contributed by atoms with Crippen LogP contribution in [0.4, 0.5) is 35.1 Å². The molecule has 29 heavy (non-hydrogen) atoms. The molecule has 2 aromatic carbocycles. The summed E-state index contributed by atoms with van der Waals surface area (Å²) in [6, 6.07) is 2.52. The SMILES string of the molecule is O=C(NCc1cc(C(F)(F)F)ccc1F)[C@@](O)(c1ccc(Cl)c(F)c1)C(F)(F)F. The van der Waals surface area contributed by atoms with Crippen LogP contribution in [0.2, 0.25) is 5.02 Å². The summed E-state index contributed by atoms with van der Waals surface area (Å²) in [6.07, 6.45) is -10.5. The molecule has 0 saturated carbocycles. The molecule has 0 bridgehead atoms. The van der Waals surface area contributed by atoms with E-state index in [4.69, 9.17) is 11.6 Å². The van der Waals surface area contributed by atoms with Crippen LogP contribution < -0.4 is 5.32 Å². The van der Waals surface area contributed by atoms with Gasteiger partial charge in [0.1, 0.15) is 11.6 Å². The van der Waals surface area contributed by atoms with Gasteiger partial charge in [-0.05, 0) is 30.3 Å². The van der Waals surface area contributed by atoms with Crippen molar-refractivity contribution in [2.24, 2.45) is 0 Å². The number of nitrogens with one attached hydrogen (secondary N) is 1. The van der Waals surface area contributed by atoms with Gasteiger partial charge in [-0.1, -0.05) is 17.7 Å². The summed E-state index contributed by atoms with van der Waals surface area (Å²) < 4.78 is 106. The zero-order valence-electron chi connectivity index (χ0n) is 13.9. The van der Waals surface area contributed by atoms with E-state index >= 15 is 0 Å². The third kappa shape index (κ3) is 4.61. The van der Waals surface area contributed by atoms with E-state index in [0.717, 1.165) is 0 Å². The van der Waals surface area contributed by atoms with Crippen LogP contribution in [0.1, 0.15) is 16.7 Å². The van der Waals surface area contributed by atoms with Gasteiger partial charge in [0.2, 0.25) is 0 Å². The molecule has 0 fully saturated rings. The zero-order valence-corrected chi connectivity index (χ0v) is 14.7. The maximum atomic E-state index is 13.7. The van der Waals surface area contributed by atoms with Crippen molar-refractivity contribution >= 4 is 17.5 Å². The summed E-state index contributed by atoms with van der Waals surface area (Å²) in [7, 11) is 0. The highest BCUT2D eigenvalue weighted by molar-refractivity contribution is 6.30. The summed E-state index contributed by atoms with van der Waals surface area (Å²) in [5, 5.41) is 11.0. The van der Waals surface area contributed by atoms with Gasteiger partial charge in [-0.3, -0.25) is 4.79 Å². The number of rotatable bonds is 4. The van der Waals surface area contributed by atoms with Gasteiger partial charge in [0.25, 0.3) is 11.5 Å². The normalized spacial score (nSPS) is 14.4. The molecule has 2 rings (SSSR count). The maximum Gasteiger partial charge on any atom is 0.430 e. The Morgan fingerprint density at radius 1 is 0.931 bits per heavy atom. The summed E-state index contributed by atoms with van der Waals surface area (Å²) in [5.74, 6) is -4.74. The van der Waals surface area contributed by atoms with E-state index in [-0.39, 0.29) is 6.07 Å². The summed E-state index contributed by atoms with van der Waals surface area (Å²) >= 11 is 5.36. The van der Waals surface area contributed by atoms with Crippen LogP contribution in [0.5, 0.6) is 0 Å². The van der Waals surface area contributed by atoms with Crippen LogP contribution in [0.3, 0.4) is 0 Å². The number of aliphatic hydroxyl groups is 1. The second-order valence-corrected chi connectivity index (χ2v) is 6.23. The molecule has 0 unspecified atom stereocenters. The predicted octanol–water partition coefficient (Wildman–Crippen LogP) is 4.70. The number of halogens is 9. The molecule has 3 nitrogen and oxygen atoms in total. The molecule has 0 radical (unpaired) electrons. The minimum Gasteiger partial charge on any atom is -0.369 e. The smallest absolute Gasteiger partial charge is 0.369 e. The lowest BCUT2D eigenvalue weighted by atomic mass is 9.91. The average Bonchev–Trinajstić information content (AvgIpc) is 2.60. The van der Waals surface area contributed by atoms with Crippen LogP contribution in [0.25, 0.3) is 0 Å². The summed E-state index contributed by atoms with van der Waals surface area (Å²) in [6.45, 7) is -1.11. The highest BCUT2D eigenvalue weighted by Gasteiger charge is 2.61. The van der Waals surface area contributed by atoms with Crippen molar-refractivity contribution in [3.05, 3.63) is 69.7 Å². The van der Waals surface area contributed by atoms with Crippen molar-refractivity contribution in [1.82, 2.24) is 5.32 Å². The third-order valence-electron chi connectivity index (χ3n) is 3.89. The standard InChI is InChI=1S/C17H10ClF8NO2/c18-11-3-1-9(6-13(11)20)15(29,17(24,25)26)14(28)27-7-8-5-10(16(21,22)23)2-4-12(8)19/h1-6,29H,7H2,(H,27,28)/t15-/m0/s1. The number of amides is 1. The minimum absolute atomic E-state index is 0.181. The molecule has 0 saturated heterocycles. The Morgan fingerprint density at radius 2 is 1.52 bits per heavy atom. The largest absolute Gasteiger partial charge is 0.430 e. The number of carbonyl (C=O) groups excluding carboxylic acids is 1. The molecule has 158 valence electrons. The minimum atomic E-state index is -5.65. The maximum absolute atomic E-state index is 13.7. The summed E-state index contributed by atoms with van der Waals surface area (Å²) in [5.41, 5.74) is -7.57. The topological polar surface area (TPSA) is 49.3 Å². The average molecular weight is 448 g/mol. The highest BCUT2D eigenvalue weighted by Crippen LogP contribution is 2.40. The molecule has 0 aliphatic carbocycles. The van der Waals surface area contributed by atoms with E-state index in [1.165, 1.54) is 5.32 Å². The lowest BCUT2D eigenvalue weighted by molar-refractivity contribution is -0.257. The van der Waals surface area contributed by atoms with Crippen molar-refractivity contribution in [2.45, 2.75) is 24.5 Å². The fraction of sp³-hybridized carbons (Fsp3) is 0.235. The number of alkyl halides is 6. The van der Waals surface area contributed by atoms with Crippen molar-refractivity contribution in [3.8, 4) is 0 Å². The third-order valence-corrected chi connectivity index (χ3v) is 4.20. The van der Waals surface area contributed by atoms with Gasteiger partial charge in [0.05, 0.1) is 10.6 Å². The Kier molecular flexibility index (Phi) is 6.15. The van der Waals surface area contributed by atoms with E-state index in [1.807, 2.05) is 0 Å². The van der Waals surface area contributed by atoms with Gasteiger partial charge in [-0.2, -0.15) is 26.3 Å². The molecular formula is C17H10ClF8NO2. The van der Waals surface area contributed by atoms with E-state index in [0.29, 0.717) is 30.3 Å². The van der Waals surface area contributed by atoms with E-state index in [1.54, 1.807) is 0 Å². The van der Waals surface area contributed by atoms with Crippen LogP contribution >= 0.6 is 11.6 Å². The van der Waals surface area contributed by atoms with Gasteiger partial charge in [-0.25, -0.2) is 8.78 Å². The Bertz CT molecular complexity index is 929. The number of carbonyl (C=O) groups is 1. The second-order valence-electron chi connectivity index (χ2n) is 5.82. The second kappa shape index (κ2) is 7.79. The molecule has 1 amide bonds. The molecule has 0 spiro atoms. The lowest BCUT2D eigenvalue weighted by Crippen LogP contribution is -2.54. The van der Waals surface area contributed by atoms with Gasteiger partial charge in [0.15, 0.2) is 0 Å². The molecular weight excluding hydrogens is 438 g/mol. The van der Waals surface area contributed by atoms with Gasteiger partial charge in [0, 0.05) is 17.7 Å². The predicted molar refractivity (Wildman–Crippen MR) is 84.6 cm³/mol. The van der Waals surface area contributed by atoms with Crippen LogP contribution in [0, 0.1) is 11.6 Å². The molecule has 0 heterocycles. The molecule has 1 atom stereocenters. The van der Waals surface area contributed by atoms with Crippen LogP contribution in [-0.4, -0.2) is 17.2 Å². The molecule has 0 aliphatic rings. The van der Waals surface area contributed by atoms with Crippen molar-refractivity contribution in [2.75, 3.05) is 0 Å². The van der Waals surface area contributed by atoms with E-state index in [9.17, 15) is 45.0 Å². The van der Waals surface area contributed by atoms with Crippen molar-refractivity contribution in [3.63, 3.8) is 0 Å². The molecule has 12 heteroatoms. The van der Waals surface area contributed by atoms with Crippen LogP contribution in [-0.2, 0) is 23.1 Å². The first-order valence-corrected chi connectivity index (χ1v) is 7.94. The number of hydrogen-bond donors (Lipinski definition) is 2. The zero-order chi connectivity index (χ0) is 22.2. The first kappa shape index (κ1) is 22.9. The first-order chi connectivity index (χ1) is 13.2. The Balaban J connectivity index is 2.36. The van der Waals surface area contributed by atoms with Crippen molar-refractivity contribution in [1.29, 1.82) is 0 Å². The van der Waals surface area contributed by atoms with Crippen molar-refractivity contribution < 1.29 is 45.0 Å². The Morgan fingerprint density at radius 3 is 2.03 bits per heavy atom. The highest BCUT2D eigenvalue weighted by atomic mass is 35.5. The lowest BCUT2D eigenvalue weighted by Gasteiger charge is -2.29. The van der Waals surface area contributed by atoms with Crippen LogP contribution in [0.15, 0.2) is 36.4 Å². The number of hydrogen-bond acceptors (Lipinski definition) is 2. The fourth-order valence-corrected chi connectivity index (χ4v) is 2.45. The quantitative estimate of drug-likeness (QED) is 0.667. The molecule has 0 aliphatic heterocycles. The first-order valence-electron chi connectivity index (χ1n) is 7.56. The van der Waals surface area contributed by atoms with Gasteiger partial charge >= 0.3 is 12.4 Å². The monoisotopic (exact) mass is 447 g/mol. The molecule has 2 N–H and O–H groups in total. The Hall–Kier alpha value is -2.40.